The van der Waals surface area contributed by atoms with Crippen LogP contribution < -0.4 is 5.32 Å². The Hall–Kier alpha value is -1.67. The summed E-state index contributed by atoms with van der Waals surface area (Å²) in [6.07, 6.45) is 4.26. The normalized spacial score (nSPS) is 11.6. The van der Waals surface area contributed by atoms with Crippen LogP contribution in [0.3, 0.4) is 0 Å². The molecule has 7 nitrogen and oxygen atoms in total. The molecule has 0 bridgehead atoms. The van der Waals surface area contributed by atoms with Crippen LogP contribution in [0.4, 0.5) is 0 Å². The maximum Gasteiger partial charge on any atom is 0.252 e. The Morgan fingerprint density at radius 3 is 2.70 bits per heavy atom. The number of pyridine rings is 1. The summed E-state index contributed by atoms with van der Waals surface area (Å²) in [5.41, 5.74) is 0.264. The Kier molecular flexibility index (Phi) is 5.90. The number of hydrogen-bond acceptors (Lipinski definition) is 5. The molecule has 0 aliphatic carbocycles. The minimum Gasteiger partial charge on any atom is -0.506 e. The topological polar surface area (TPSA) is 99.6 Å². The summed E-state index contributed by atoms with van der Waals surface area (Å²) in [5, 5.41) is 11.9. The first kappa shape index (κ1) is 16.4. The van der Waals surface area contributed by atoms with E-state index in [9.17, 15) is 18.3 Å². The monoisotopic (exact) mass is 301 g/mol. The first-order valence-corrected chi connectivity index (χ1v) is 8.06. The molecule has 0 saturated heterocycles. The van der Waals surface area contributed by atoms with Crippen LogP contribution in [0.5, 0.6) is 5.75 Å². The molecule has 0 atom stereocenters. The maximum absolute atomic E-state index is 11.7. The third-order valence-electron chi connectivity index (χ3n) is 2.68. The predicted octanol–water partition coefficient (Wildman–Crippen LogP) is 0.189. The summed E-state index contributed by atoms with van der Waals surface area (Å²) in [6.45, 7) is 2.87. The molecule has 1 heterocycles. The lowest BCUT2D eigenvalue weighted by atomic mass is 10.2. The summed E-state index contributed by atoms with van der Waals surface area (Å²) in [5.74, 6) is -0.428. The molecule has 0 aliphatic heterocycles. The van der Waals surface area contributed by atoms with Crippen molar-refractivity contribution in [3.63, 3.8) is 0 Å². The Balaban J connectivity index is 2.40. The van der Waals surface area contributed by atoms with Gasteiger partial charge in [0, 0.05) is 25.8 Å². The number of aromatic hydroxyl groups is 1. The molecule has 1 rings (SSSR count). The van der Waals surface area contributed by atoms with Crippen LogP contribution in [0.25, 0.3) is 0 Å². The van der Waals surface area contributed by atoms with Gasteiger partial charge in [0.15, 0.2) is 0 Å². The van der Waals surface area contributed by atoms with Gasteiger partial charge in [-0.1, -0.05) is 6.92 Å². The number of amides is 1. The number of carbonyl (C=O) groups is 1. The van der Waals surface area contributed by atoms with Crippen molar-refractivity contribution in [3.05, 3.63) is 24.0 Å². The molecule has 0 radical (unpaired) electrons. The van der Waals surface area contributed by atoms with Crippen molar-refractivity contribution < 1.29 is 18.3 Å². The number of sulfonamides is 1. The smallest absolute Gasteiger partial charge is 0.252 e. The van der Waals surface area contributed by atoms with Crippen LogP contribution in [-0.2, 0) is 10.0 Å². The molecule has 0 saturated carbocycles. The van der Waals surface area contributed by atoms with Gasteiger partial charge in [0.1, 0.15) is 5.75 Å². The molecule has 2 N–H and O–H groups in total. The Morgan fingerprint density at radius 1 is 1.45 bits per heavy atom. The van der Waals surface area contributed by atoms with E-state index in [2.05, 4.69) is 10.3 Å². The van der Waals surface area contributed by atoms with E-state index in [1.165, 1.54) is 22.8 Å². The second kappa shape index (κ2) is 7.20. The highest BCUT2D eigenvalue weighted by Gasteiger charge is 2.13. The predicted molar refractivity (Wildman–Crippen MR) is 74.9 cm³/mol. The van der Waals surface area contributed by atoms with E-state index in [0.29, 0.717) is 26.1 Å². The third kappa shape index (κ3) is 5.14. The second-order valence-electron chi connectivity index (χ2n) is 4.30. The van der Waals surface area contributed by atoms with E-state index < -0.39 is 10.0 Å². The average Bonchev–Trinajstić information content (AvgIpc) is 2.37. The number of rotatable bonds is 7. The lowest BCUT2D eigenvalue weighted by molar-refractivity contribution is 0.0952. The molecule has 0 aliphatic rings. The Labute approximate surface area is 118 Å². The van der Waals surface area contributed by atoms with Gasteiger partial charge in [0.2, 0.25) is 10.0 Å². The molecule has 8 heteroatoms. The zero-order valence-corrected chi connectivity index (χ0v) is 12.4. The van der Waals surface area contributed by atoms with Gasteiger partial charge in [-0.3, -0.25) is 9.78 Å². The van der Waals surface area contributed by atoms with E-state index in [4.69, 9.17) is 0 Å². The van der Waals surface area contributed by atoms with Gasteiger partial charge < -0.3 is 10.4 Å². The number of nitrogens with zero attached hydrogens (tertiary/aromatic N) is 2. The van der Waals surface area contributed by atoms with Crippen molar-refractivity contribution in [3.8, 4) is 5.75 Å². The fraction of sp³-hybridized carbons (Fsp3) is 0.500. The zero-order valence-electron chi connectivity index (χ0n) is 11.5. The third-order valence-corrected chi connectivity index (χ3v) is 4.06. The number of hydrogen-bond donors (Lipinski definition) is 2. The van der Waals surface area contributed by atoms with Gasteiger partial charge in [-0.25, -0.2) is 12.7 Å². The number of aromatic nitrogens is 1. The second-order valence-corrected chi connectivity index (χ2v) is 6.28. The molecule has 1 aromatic rings. The molecular formula is C12H19N3O4S. The highest BCUT2D eigenvalue weighted by atomic mass is 32.2. The van der Waals surface area contributed by atoms with Crippen molar-refractivity contribution in [2.24, 2.45) is 0 Å². The minimum atomic E-state index is -3.20. The van der Waals surface area contributed by atoms with E-state index in [1.54, 1.807) is 6.92 Å². The minimum absolute atomic E-state index is 0.0770. The van der Waals surface area contributed by atoms with Crippen LogP contribution in [0, 0.1) is 0 Å². The fourth-order valence-corrected chi connectivity index (χ4v) is 2.60. The highest BCUT2D eigenvalue weighted by Crippen LogP contribution is 2.08. The van der Waals surface area contributed by atoms with Crippen molar-refractivity contribution in [2.45, 2.75) is 13.3 Å². The van der Waals surface area contributed by atoms with Crippen molar-refractivity contribution in [1.82, 2.24) is 14.6 Å². The molecule has 20 heavy (non-hydrogen) atoms. The standard InChI is InChI=1S/C12H19N3O4S/c1-3-15(20(2,18)19)6-4-5-14-12(17)10-7-11(16)9-13-8-10/h7-9,16H,3-6H2,1-2H3,(H,14,17). The largest absolute Gasteiger partial charge is 0.506 e. The fourth-order valence-electron chi connectivity index (χ4n) is 1.67. The van der Waals surface area contributed by atoms with Crippen molar-refractivity contribution in [1.29, 1.82) is 0 Å². The van der Waals surface area contributed by atoms with Crippen molar-refractivity contribution >= 4 is 15.9 Å². The summed E-state index contributed by atoms with van der Waals surface area (Å²) >= 11 is 0. The summed E-state index contributed by atoms with van der Waals surface area (Å²) in [7, 11) is -3.20. The van der Waals surface area contributed by atoms with Crippen LogP contribution in [0.15, 0.2) is 18.5 Å². The first-order chi connectivity index (χ1) is 9.34. The SMILES string of the molecule is CCN(CCCNC(=O)c1cncc(O)c1)S(C)(=O)=O. The van der Waals surface area contributed by atoms with Gasteiger partial charge in [-0.2, -0.15) is 0 Å². The summed E-state index contributed by atoms with van der Waals surface area (Å²) in [4.78, 5) is 15.4. The van der Waals surface area contributed by atoms with Gasteiger partial charge in [0.05, 0.1) is 18.0 Å². The molecule has 0 fully saturated rings. The summed E-state index contributed by atoms with van der Waals surface area (Å²) in [6, 6.07) is 1.32. The molecular weight excluding hydrogens is 282 g/mol. The molecule has 1 aromatic heterocycles. The van der Waals surface area contributed by atoms with Crippen LogP contribution >= 0.6 is 0 Å². The van der Waals surface area contributed by atoms with Crippen LogP contribution in [0.2, 0.25) is 0 Å². The number of carbonyl (C=O) groups excluding carboxylic acids is 1. The quantitative estimate of drug-likeness (QED) is 0.700. The lowest BCUT2D eigenvalue weighted by Crippen LogP contribution is -2.33. The summed E-state index contributed by atoms with van der Waals surface area (Å²) < 4.78 is 24.0. The molecule has 1 amide bonds. The molecule has 112 valence electrons. The van der Waals surface area contributed by atoms with Crippen LogP contribution in [-0.4, -0.2) is 54.6 Å². The molecule has 0 spiro atoms. The van der Waals surface area contributed by atoms with E-state index in [-0.39, 0.29) is 17.2 Å². The first-order valence-electron chi connectivity index (χ1n) is 6.22. The van der Waals surface area contributed by atoms with Gasteiger partial charge in [0.25, 0.3) is 5.91 Å². The lowest BCUT2D eigenvalue weighted by Gasteiger charge is -2.17. The van der Waals surface area contributed by atoms with Crippen molar-refractivity contribution in [2.75, 3.05) is 25.9 Å². The molecule has 0 unspecified atom stereocenters. The van der Waals surface area contributed by atoms with E-state index >= 15 is 0 Å². The average molecular weight is 301 g/mol. The zero-order chi connectivity index (χ0) is 15.2. The van der Waals surface area contributed by atoms with E-state index in [1.807, 2.05) is 0 Å². The van der Waals surface area contributed by atoms with Gasteiger partial charge in [-0.15, -0.1) is 0 Å². The van der Waals surface area contributed by atoms with Gasteiger partial charge >= 0.3 is 0 Å². The van der Waals surface area contributed by atoms with Gasteiger partial charge in [-0.05, 0) is 12.5 Å². The van der Waals surface area contributed by atoms with Crippen LogP contribution in [0.1, 0.15) is 23.7 Å². The van der Waals surface area contributed by atoms with E-state index in [0.717, 1.165) is 6.26 Å². The highest BCUT2D eigenvalue weighted by molar-refractivity contribution is 7.88. The Morgan fingerprint density at radius 2 is 2.15 bits per heavy atom. The number of nitrogens with one attached hydrogen (secondary N) is 1. The molecule has 0 aromatic carbocycles. The Bertz CT molecular complexity index is 560. The maximum atomic E-state index is 11.7.